The summed E-state index contributed by atoms with van der Waals surface area (Å²) in [5.74, 6) is 0. The Bertz CT molecular complexity index is 1150. The van der Waals surface area contributed by atoms with Gasteiger partial charge in [0.2, 0.25) is 0 Å². The maximum Gasteiger partial charge on any atom is 0.322 e. The number of rotatable bonds is 6. The predicted octanol–water partition coefficient (Wildman–Crippen LogP) is 6.09. The predicted molar refractivity (Wildman–Crippen MR) is 136 cm³/mol. The van der Waals surface area contributed by atoms with Gasteiger partial charge >= 0.3 is 6.03 Å². The number of hydrogen-bond acceptors (Lipinski definition) is 3. The molecule has 0 bridgehead atoms. The van der Waals surface area contributed by atoms with Crippen molar-refractivity contribution in [3.63, 3.8) is 0 Å². The molecule has 1 N–H and O–H groups in total. The van der Waals surface area contributed by atoms with Crippen LogP contribution in [0, 0.1) is 0 Å². The molecule has 0 aromatic heterocycles. The van der Waals surface area contributed by atoms with Crippen LogP contribution in [0.4, 0.5) is 10.5 Å². The summed E-state index contributed by atoms with van der Waals surface area (Å²) in [4.78, 5) is 17.9. The summed E-state index contributed by atoms with van der Waals surface area (Å²) in [5.41, 5.74) is 5.52. The van der Waals surface area contributed by atoms with Crippen LogP contribution in [0.2, 0.25) is 5.02 Å². The van der Waals surface area contributed by atoms with Crippen LogP contribution >= 0.6 is 11.6 Å². The second-order valence-electron chi connectivity index (χ2n) is 9.14. The lowest BCUT2D eigenvalue weighted by molar-refractivity contribution is 0.106. The molecule has 6 heteroatoms. The van der Waals surface area contributed by atoms with Gasteiger partial charge in [-0.2, -0.15) is 0 Å². The van der Waals surface area contributed by atoms with E-state index in [1.165, 1.54) is 11.1 Å². The first-order chi connectivity index (χ1) is 16.6. The monoisotopic (exact) mass is 475 g/mol. The molecule has 2 heterocycles. The summed E-state index contributed by atoms with van der Waals surface area (Å²) in [6.07, 6.45) is 1.88. The molecule has 2 amide bonds. The van der Waals surface area contributed by atoms with Gasteiger partial charge in [0.25, 0.3) is 0 Å². The molecule has 2 aliphatic rings. The number of benzene rings is 3. The maximum absolute atomic E-state index is 13.4. The number of urea groups is 1. The Balaban J connectivity index is 1.34. The van der Waals surface area contributed by atoms with Crippen molar-refractivity contribution < 1.29 is 9.53 Å². The number of likely N-dealkylation sites (tertiary alicyclic amines) is 1. The number of halogens is 1. The third-order valence-corrected chi connectivity index (χ3v) is 7.07. The molecule has 1 fully saturated rings. The van der Waals surface area contributed by atoms with Gasteiger partial charge in [-0.25, -0.2) is 4.79 Å². The molecule has 1 saturated heterocycles. The SMILES string of the molecule is COCc1cccc(CN2CCC(N3C(=O)Nc4cc(Cl)ccc4C3c3ccccc3)CC2)c1. The molecule has 1 atom stereocenters. The van der Waals surface area contributed by atoms with E-state index < -0.39 is 0 Å². The normalized spacial score (nSPS) is 19.1. The molecule has 5 nitrogen and oxygen atoms in total. The van der Waals surface area contributed by atoms with Gasteiger partial charge in [-0.1, -0.05) is 72.3 Å². The Morgan fingerprint density at radius 1 is 0.971 bits per heavy atom. The zero-order valence-corrected chi connectivity index (χ0v) is 20.2. The molecule has 1 unspecified atom stereocenters. The van der Waals surface area contributed by atoms with Crippen LogP contribution in [-0.2, 0) is 17.9 Å². The quantitative estimate of drug-likeness (QED) is 0.469. The lowest BCUT2D eigenvalue weighted by atomic mass is 9.90. The van der Waals surface area contributed by atoms with Crippen LogP contribution in [-0.4, -0.2) is 42.1 Å². The van der Waals surface area contributed by atoms with Crippen LogP contribution in [0.3, 0.4) is 0 Å². The standard InChI is InChI=1S/C28H30ClN3O2/c1-34-19-21-7-5-6-20(16-21)18-31-14-12-24(13-15-31)32-27(22-8-3-2-4-9-22)25-11-10-23(29)17-26(25)30-28(32)33/h2-11,16-17,24,27H,12-15,18-19H2,1H3,(H,30,33). The minimum absolute atomic E-state index is 0.0469. The van der Waals surface area contributed by atoms with Gasteiger partial charge in [0, 0.05) is 49.1 Å². The van der Waals surface area contributed by atoms with Crippen LogP contribution in [0.15, 0.2) is 72.8 Å². The third-order valence-electron chi connectivity index (χ3n) is 6.84. The second kappa shape index (κ2) is 10.2. The van der Waals surface area contributed by atoms with Crippen LogP contribution < -0.4 is 5.32 Å². The Kier molecular flexibility index (Phi) is 6.86. The van der Waals surface area contributed by atoms with Crippen molar-refractivity contribution in [2.75, 3.05) is 25.5 Å². The van der Waals surface area contributed by atoms with Crippen LogP contribution in [0.5, 0.6) is 0 Å². The van der Waals surface area contributed by atoms with Crippen molar-refractivity contribution in [2.24, 2.45) is 0 Å². The van der Waals surface area contributed by atoms with Crippen molar-refractivity contribution in [3.05, 3.63) is 100 Å². The fourth-order valence-corrected chi connectivity index (χ4v) is 5.44. The molecule has 5 rings (SSSR count). The Labute approximate surface area is 206 Å². The van der Waals surface area contributed by atoms with E-state index in [4.69, 9.17) is 16.3 Å². The maximum atomic E-state index is 13.4. The van der Waals surface area contributed by atoms with E-state index in [1.807, 2.05) is 36.4 Å². The number of ether oxygens (including phenoxy) is 1. The first-order valence-corrected chi connectivity index (χ1v) is 12.2. The summed E-state index contributed by atoms with van der Waals surface area (Å²) in [6, 6.07) is 24.7. The van der Waals surface area contributed by atoms with Crippen LogP contribution in [0.25, 0.3) is 0 Å². The zero-order valence-electron chi connectivity index (χ0n) is 19.4. The summed E-state index contributed by atoms with van der Waals surface area (Å²) in [7, 11) is 1.73. The summed E-state index contributed by atoms with van der Waals surface area (Å²) < 4.78 is 5.28. The van der Waals surface area contributed by atoms with E-state index in [2.05, 4.69) is 51.5 Å². The molecule has 2 aliphatic heterocycles. The molecule has 34 heavy (non-hydrogen) atoms. The summed E-state index contributed by atoms with van der Waals surface area (Å²) in [5, 5.41) is 3.72. The van der Waals surface area contributed by atoms with E-state index >= 15 is 0 Å². The van der Waals surface area contributed by atoms with Gasteiger partial charge in [-0.05, 0) is 41.7 Å². The van der Waals surface area contributed by atoms with E-state index in [0.717, 1.165) is 49.3 Å². The molecular formula is C28H30ClN3O2. The number of hydrogen-bond donors (Lipinski definition) is 1. The summed E-state index contributed by atoms with van der Waals surface area (Å²) in [6.45, 7) is 3.46. The molecule has 0 saturated carbocycles. The number of anilines is 1. The average molecular weight is 476 g/mol. The van der Waals surface area contributed by atoms with Crippen molar-refractivity contribution >= 4 is 23.3 Å². The average Bonchev–Trinajstić information content (AvgIpc) is 2.85. The Hall–Kier alpha value is -2.86. The molecule has 3 aromatic rings. The lowest BCUT2D eigenvalue weighted by Crippen LogP contribution is -2.52. The van der Waals surface area contributed by atoms with Crippen LogP contribution in [0.1, 0.15) is 41.1 Å². The van der Waals surface area contributed by atoms with Gasteiger partial charge in [-0.15, -0.1) is 0 Å². The van der Waals surface area contributed by atoms with E-state index in [0.29, 0.717) is 11.6 Å². The van der Waals surface area contributed by atoms with Gasteiger partial charge in [-0.3, -0.25) is 4.90 Å². The molecule has 0 spiro atoms. The van der Waals surface area contributed by atoms with Gasteiger partial charge in [0.05, 0.1) is 12.6 Å². The van der Waals surface area contributed by atoms with Gasteiger partial charge in [0.15, 0.2) is 0 Å². The molecule has 3 aromatic carbocycles. The second-order valence-corrected chi connectivity index (χ2v) is 9.58. The molecule has 0 radical (unpaired) electrons. The Morgan fingerprint density at radius 3 is 2.50 bits per heavy atom. The first-order valence-electron chi connectivity index (χ1n) is 11.8. The topological polar surface area (TPSA) is 44.8 Å². The smallest absolute Gasteiger partial charge is 0.322 e. The minimum atomic E-state index is -0.121. The van der Waals surface area contributed by atoms with E-state index in [9.17, 15) is 4.79 Å². The molecule has 176 valence electrons. The largest absolute Gasteiger partial charge is 0.380 e. The number of piperidine rings is 1. The summed E-state index contributed by atoms with van der Waals surface area (Å²) >= 11 is 6.24. The highest BCUT2D eigenvalue weighted by Crippen LogP contribution is 2.41. The highest BCUT2D eigenvalue weighted by Gasteiger charge is 2.39. The number of amides is 2. The lowest BCUT2D eigenvalue weighted by Gasteiger charge is -2.45. The molecular weight excluding hydrogens is 446 g/mol. The highest BCUT2D eigenvalue weighted by molar-refractivity contribution is 6.31. The first kappa shape index (κ1) is 22.9. The number of carbonyl (C=O) groups excluding carboxylic acids is 1. The van der Waals surface area contributed by atoms with E-state index in [1.54, 1.807) is 7.11 Å². The number of methoxy groups -OCH3 is 1. The van der Waals surface area contributed by atoms with Gasteiger partial charge in [0.1, 0.15) is 0 Å². The third kappa shape index (κ3) is 4.83. The number of fused-ring (bicyclic) bond motifs is 1. The molecule has 0 aliphatic carbocycles. The van der Waals surface area contributed by atoms with E-state index in [-0.39, 0.29) is 18.1 Å². The minimum Gasteiger partial charge on any atom is -0.380 e. The van der Waals surface area contributed by atoms with Crippen molar-refractivity contribution in [2.45, 2.75) is 38.1 Å². The van der Waals surface area contributed by atoms with Crippen molar-refractivity contribution in [1.29, 1.82) is 0 Å². The number of carbonyl (C=O) groups is 1. The Morgan fingerprint density at radius 2 is 1.74 bits per heavy atom. The fraction of sp³-hybridized carbons (Fsp3) is 0.321. The van der Waals surface area contributed by atoms with Crippen molar-refractivity contribution in [3.8, 4) is 0 Å². The number of nitrogens with one attached hydrogen (secondary N) is 1. The fourth-order valence-electron chi connectivity index (χ4n) is 5.27. The van der Waals surface area contributed by atoms with Crippen molar-refractivity contribution in [1.82, 2.24) is 9.80 Å². The number of nitrogens with zero attached hydrogens (tertiary/aromatic N) is 2. The highest BCUT2D eigenvalue weighted by atomic mass is 35.5. The zero-order chi connectivity index (χ0) is 23.5. The van der Waals surface area contributed by atoms with Gasteiger partial charge < -0.3 is 15.0 Å².